The average molecular weight is 245 g/mol. The maximum absolute atomic E-state index is 11.6. The molecule has 1 aromatic carbocycles. The molecule has 1 atom stereocenters. The minimum atomic E-state index is -0.130. The van der Waals surface area contributed by atoms with E-state index >= 15 is 0 Å². The van der Waals surface area contributed by atoms with E-state index in [-0.39, 0.29) is 11.9 Å². The number of aromatic nitrogens is 1. The first-order chi connectivity index (χ1) is 8.75. The van der Waals surface area contributed by atoms with Crippen molar-refractivity contribution in [3.63, 3.8) is 0 Å². The van der Waals surface area contributed by atoms with Crippen molar-refractivity contribution in [2.45, 2.75) is 18.9 Å². The molecular formula is C13H15N3O2. The van der Waals surface area contributed by atoms with Gasteiger partial charge in [-0.2, -0.15) is 0 Å². The van der Waals surface area contributed by atoms with Gasteiger partial charge in [0.25, 0.3) is 0 Å². The summed E-state index contributed by atoms with van der Waals surface area (Å²) in [6.45, 7) is 0. The quantitative estimate of drug-likeness (QED) is 0.845. The molecule has 0 saturated heterocycles. The van der Waals surface area contributed by atoms with Crippen LogP contribution in [0.15, 0.2) is 47.2 Å². The van der Waals surface area contributed by atoms with Crippen LogP contribution in [0.25, 0.3) is 0 Å². The van der Waals surface area contributed by atoms with Gasteiger partial charge in [0.2, 0.25) is 5.91 Å². The molecule has 5 nitrogen and oxygen atoms in total. The van der Waals surface area contributed by atoms with E-state index in [2.05, 4.69) is 15.0 Å². The number of nitrogens with zero attached hydrogens (tertiary/aromatic N) is 1. The van der Waals surface area contributed by atoms with Crippen LogP contribution in [0, 0.1) is 0 Å². The second-order valence-corrected chi connectivity index (χ2v) is 3.99. The Kier molecular flexibility index (Phi) is 4.09. The molecule has 1 heterocycles. The lowest BCUT2D eigenvalue weighted by molar-refractivity contribution is -0.116. The molecule has 0 aliphatic carbocycles. The van der Waals surface area contributed by atoms with Crippen molar-refractivity contribution in [3.8, 4) is 0 Å². The van der Waals surface area contributed by atoms with Crippen molar-refractivity contribution >= 4 is 11.7 Å². The molecule has 3 N–H and O–H groups in total. The van der Waals surface area contributed by atoms with Crippen molar-refractivity contribution in [1.29, 1.82) is 0 Å². The summed E-state index contributed by atoms with van der Waals surface area (Å²) in [6, 6.07) is 11.2. The number of carbonyl (C=O) groups is 1. The molecule has 18 heavy (non-hydrogen) atoms. The monoisotopic (exact) mass is 245 g/mol. The average Bonchev–Trinajstić information content (AvgIpc) is 2.90. The molecule has 0 saturated carbocycles. The van der Waals surface area contributed by atoms with Crippen molar-refractivity contribution in [2.75, 3.05) is 5.32 Å². The normalized spacial score (nSPS) is 12.1. The van der Waals surface area contributed by atoms with Gasteiger partial charge in [0, 0.05) is 18.5 Å². The van der Waals surface area contributed by atoms with E-state index in [1.165, 1.54) is 6.26 Å². The van der Waals surface area contributed by atoms with Crippen LogP contribution in [-0.2, 0) is 4.79 Å². The number of hydrogen-bond donors (Lipinski definition) is 2. The van der Waals surface area contributed by atoms with Gasteiger partial charge in [0.1, 0.15) is 6.26 Å². The third-order valence-electron chi connectivity index (χ3n) is 2.62. The summed E-state index contributed by atoms with van der Waals surface area (Å²) in [5, 5.41) is 6.23. The molecule has 94 valence electrons. The fourth-order valence-corrected chi connectivity index (χ4v) is 1.64. The molecular weight excluding hydrogens is 230 g/mol. The van der Waals surface area contributed by atoms with Gasteiger partial charge in [0.05, 0.1) is 0 Å². The number of carbonyl (C=O) groups excluding carboxylic acids is 1. The SMILES string of the molecule is NC(CCC(=O)Nc1ccon1)c1ccccc1. The predicted octanol–water partition coefficient (Wildman–Crippen LogP) is 2.09. The first-order valence-electron chi connectivity index (χ1n) is 5.76. The number of rotatable bonds is 5. The fourth-order valence-electron chi connectivity index (χ4n) is 1.64. The van der Waals surface area contributed by atoms with Crippen LogP contribution >= 0.6 is 0 Å². The van der Waals surface area contributed by atoms with Gasteiger partial charge in [-0.1, -0.05) is 35.5 Å². The van der Waals surface area contributed by atoms with Gasteiger partial charge in [-0.15, -0.1) is 0 Å². The highest BCUT2D eigenvalue weighted by atomic mass is 16.5. The molecule has 5 heteroatoms. The first kappa shape index (κ1) is 12.3. The second kappa shape index (κ2) is 5.97. The van der Waals surface area contributed by atoms with Gasteiger partial charge in [-0.05, 0) is 12.0 Å². The number of amides is 1. The van der Waals surface area contributed by atoms with Gasteiger partial charge in [-0.3, -0.25) is 4.79 Å². The Hall–Kier alpha value is -2.14. The van der Waals surface area contributed by atoms with Crippen LogP contribution in [0.3, 0.4) is 0 Å². The number of benzene rings is 1. The molecule has 1 unspecified atom stereocenters. The molecule has 0 aliphatic heterocycles. The smallest absolute Gasteiger partial charge is 0.225 e. The zero-order valence-electron chi connectivity index (χ0n) is 9.87. The van der Waals surface area contributed by atoms with Gasteiger partial charge < -0.3 is 15.6 Å². The van der Waals surface area contributed by atoms with E-state index in [4.69, 9.17) is 5.73 Å². The summed E-state index contributed by atoms with van der Waals surface area (Å²) in [6.07, 6.45) is 2.35. The second-order valence-electron chi connectivity index (χ2n) is 3.99. The Morgan fingerprint density at radius 1 is 1.33 bits per heavy atom. The lowest BCUT2D eigenvalue weighted by atomic mass is 10.0. The topological polar surface area (TPSA) is 81.2 Å². The van der Waals surface area contributed by atoms with E-state index in [1.807, 2.05) is 30.3 Å². The predicted molar refractivity (Wildman–Crippen MR) is 67.7 cm³/mol. The third kappa shape index (κ3) is 3.43. The van der Waals surface area contributed by atoms with Crippen LogP contribution in [0.1, 0.15) is 24.4 Å². The van der Waals surface area contributed by atoms with Crippen LogP contribution in [0.5, 0.6) is 0 Å². The Morgan fingerprint density at radius 2 is 2.11 bits per heavy atom. The standard InChI is InChI=1S/C13H15N3O2/c14-11(10-4-2-1-3-5-10)6-7-13(17)15-12-8-9-18-16-12/h1-5,8-9,11H,6-7,14H2,(H,15,16,17). The first-order valence-corrected chi connectivity index (χ1v) is 5.76. The number of nitrogens with two attached hydrogens (primary N) is 1. The highest BCUT2D eigenvalue weighted by Gasteiger charge is 2.09. The highest BCUT2D eigenvalue weighted by Crippen LogP contribution is 2.15. The molecule has 2 aromatic rings. The van der Waals surface area contributed by atoms with Gasteiger partial charge in [-0.25, -0.2) is 0 Å². The Balaban J connectivity index is 1.79. The summed E-state index contributed by atoms with van der Waals surface area (Å²) in [5.74, 6) is 0.309. The zero-order chi connectivity index (χ0) is 12.8. The van der Waals surface area contributed by atoms with E-state index in [9.17, 15) is 4.79 Å². The van der Waals surface area contributed by atoms with Crippen molar-refractivity contribution < 1.29 is 9.32 Å². The molecule has 0 aliphatic rings. The summed E-state index contributed by atoms with van der Waals surface area (Å²) in [7, 11) is 0. The fraction of sp³-hybridized carbons (Fsp3) is 0.231. The lowest BCUT2D eigenvalue weighted by Gasteiger charge is -2.11. The third-order valence-corrected chi connectivity index (χ3v) is 2.62. The van der Waals surface area contributed by atoms with E-state index in [0.717, 1.165) is 5.56 Å². The van der Waals surface area contributed by atoms with Crippen molar-refractivity contribution in [2.24, 2.45) is 5.73 Å². The van der Waals surface area contributed by atoms with E-state index in [0.29, 0.717) is 18.7 Å². The van der Waals surface area contributed by atoms with Gasteiger partial charge in [0.15, 0.2) is 5.82 Å². The molecule has 2 rings (SSSR count). The lowest BCUT2D eigenvalue weighted by Crippen LogP contribution is -2.16. The Morgan fingerprint density at radius 3 is 2.78 bits per heavy atom. The zero-order valence-corrected chi connectivity index (χ0v) is 9.87. The molecule has 0 spiro atoms. The summed E-state index contributed by atoms with van der Waals surface area (Å²) in [4.78, 5) is 11.6. The summed E-state index contributed by atoms with van der Waals surface area (Å²) < 4.78 is 4.62. The minimum absolute atomic E-state index is 0.115. The van der Waals surface area contributed by atoms with Crippen LogP contribution in [0.2, 0.25) is 0 Å². The Labute approximate surface area is 105 Å². The van der Waals surface area contributed by atoms with E-state index in [1.54, 1.807) is 6.07 Å². The molecule has 1 aromatic heterocycles. The molecule has 0 radical (unpaired) electrons. The van der Waals surface area contributed by atoms with E-state index < -0.39 is 0 Å². The minimum Gasteiger partial charge on any atom is -0.363 e. The largest absolute Gasteiger partial charge is 0.363 e. The summed E-state index contributed by atoms with van der Waals surface area (Å²) in [5.41, 5.74) is 7.04. The summed E-state index contributed by atoms with van der Waals surface area (Å²) >= 11 is 0. The number of hydrogen-bond acceptors (Lipinski definition) is 4. The van der Waals surface area contributed by atoms with Crippen LogP contribution in [-0.4, -0.2) is 11.1 Å². The van der Waals surface area contributed by atoms with Crippen molar-refractivity contribution in [3.05, 3.63) is 48.2 Å². The molecule has 0 bridgehead atoms. The maximum atomic E-state index is 11.6. The molecule has 1 amide bonds. The highest BCUT2D eigenvalue weighted by molar-refractivity contribution is 5.89. The maximum Gasteiger partial charge on any atom is 0.225 e. The van der Waals surface area contributed by atoms with Crippen LogP contribution < -0.4 is 11.1 Å². The number of anilines is 1. The van der Waals surface area contributed by atoms with Crippen LogP contribution in [0.4, 0.5) is 5.82 Å². The van der Waals surface area contributed by atoms with Crippen molar-refractivity contribution in [1.82, 2.24) is 5.16 Å². The number of nitrogens with one attached hydrogen (secondary N) is 1. The Bertz CT molecular complexity index is 482. The molecule has 0 fully saturated rings. The van der Waals surface area contributed by atoms with Gasteiger partial charge >= 0.3 is 0 Å².